The first-order valence-corrected chi connectivity index (χ1v) is 11.7. The lowest BCUT2D eigenvalue weighted by atomic mass is 10.1. The molecule has 0 spiro atoms. The van der Waals surface area contributed by atoms with E-state index in [1.807, 2.05) is 13.0 Å². The quantitative estimate of drug-likeness (QED) is 0.406. The maximum atomic E-state index is 5.62. The summed E-state index contributed by atoms with van der Waals surface area (Å²) in [6, 6.07) is 30.2. The lowest BCUT2D eigenvalue weighted by Crippen LogP contribution is -3.09. The third-order valence-electron chi connectivity index (χ3n) is 6.16. The van der Waals surface area contributed by atoms with Crippen LogP contribution in [-0.2, 0) is 19.5 Å². The van der Waals surface area contributed by atoms with E-state index in [2.05, 4.69) is 78.9 Å². The van der Waals surface area contributed by atoms with E-state index >= 15 is 0 Å². The van der Waals surface area contributed by atoms with Crippen LogP contribution in [0, 0.1) is 0 Å². The first-order chi connectivity index (χ1) is 16.3. The molecule has 4 nitrogen and oxygen atoms in total. The Bertz CT molecular complexity index is 1220. The summed E-state index contributed by atoms with van der Waals surface area (Å²) in [5.74, 6) is 2.63. The van der Waals surface area contributed by atoms with E-state index in [-0.39, 0.29) is 0 Å². The number of benzene rings is 4. The van der Waals surface area contributed by atoms with Crippen LogP contribution in [-0.4, -0.2) is 19.9 Å². The van der Waals surface area contributed by atoms with Gasteiger partial charge in [0, 0.05) is 17.5 Å². The minimum atomic E-state index is 0.315. The first-order valence-electron chi connectivity index (χ1n) is 11.7. The molecule has 0 aliphatic carbocycles. The van der Waals surface area contributed by atoms with Gasteiger partial charge in [-0.2, -0.15) is 0 Å². The lowest BCUT2D eigenvalue weighted by molar-refractivity contribution is -0.927. The summed E-state index contributed by atoms with van der Waals surface area (Å²) in [5.41, 5.74) is 3.96. The fourth-order valence-electron chi connectivity index (χ4n) is 4.45. The fourth-order valence-corrected chi connectivity index (χ4v) is 4.45. The van der Waals surface area contributed by atoms with Crippen molar-refractivity contribution in [2.24, 2.45) is 0 Å². The molecule has 0 bridgehead atoms. The van der Waals surface area contributed by atoms with Crippen LogP contribution in [0.1, 0.15) is 23.6 Å². The Labute approximate surface area is 195 Å². The molecule has 0 amide bonds. The molecule has 0 saturated carbocycles. The summed E-state index contributed by atoms with van der Waals surface area (Å²) >= 11 is 0. The van der Waals surface area contributed by atoms with Gasteiger partial charge in [0.2, 0.25) is 6.79 Å². The minimum Gasteiger partial charge on any atom is -0.494 e. The van der Waals surface area contributed by atoms with Crippen LogP contribution >= 0.6 is 0 Å². The molecular formula is C29H30NO3+. The Kier molecular flexibility index (Phi) is 6.45. The van der Waals surface area contributed by atoms with Crippen molar-refractivity contribution >= 4 is 10.8 Å². The molecule has 1 unspecified atom stereocenters. The van der Waals surface area contributed by atoms with Gasteiger partial charge in [0.1, 0.15) is 18.8 Å². The molecule has 33 heavy (non-hydrogen) atoms. The molecule has 0 saturated heterocycles. The highest BCUT2D eigenvalue weighted by Crippen LogP contribution is 2.32. The highest BCUT2D eigenvalue weighted by molar-refractivity contribution is 5.82. The Balaban J connectivity index is 1.33. The van der Waals surface area contributed by atoms with E-state index in [1.165, 1.54) is 32.4 Å². The average Bonchev–Trinajstić information content (AvgIpc) is 3.32. The molecule has 168 valence electrons. The van der Waals surface area contributed by atoms with E-state index in [4.69, 9.17) is 14.2 Å². The largest absolute Gasteiger partial charge is 0.494 e. The van der Waals surface area contributed by atoms with Crippen molar-refractivity contribution < 1.29 is 19.1 Å². The van der Waals surface area contributed by atoms with Gasteiger partial charge >= 0.3 is 0 Å². The topological polar surface area (TPSA) is 32.1 Å². The highest BCUT2D eigenvalue weighted by Gasteiger charge is 2.16. The smallest absolute Gasteiger partial charge is 0.231 e. The van der Waals surface area contributed by atoms with Crippen LogP contribution in [0.3, 0.4) is 0 Å². The monoisotopic (exact) mass is 440 g/mol. The Morgan fingerprint density at radius 1 is 0.727 bits per heavy atom. The molecule has 1 N–H and O–H groups in total. The zero-order valence-electron chi connectivity index (χ0n) is 19.1. The van der Waals surface area contributed by atoms with Crippen molar-refractivity contribution in [2.45, 2.75) is 26.4 Å². The lowest BCUT2D eigenvalue weighted by Gasteiger charge is -2.20. The molecule has 1 heterocycles. The van der Waals surface area contributed by atoms with Crippen LogP contribution in [0.15, 0.2) is 84.9 Å². The van der Waals surface area contributed by atoms with Crippen molar-refractivity contribution in [1.29, 1.82) is 0 Å². The zero-order chi connectivity index (χ0) is 22.5. The highest BCUT2D eigenvalue weighted by atomic mass is 16.7. The van der Waals surface area contributed by atoms with Gasteiger partial charge in [0.25, 0.3) is 0 Å². The second-order valence-electron chi connectivity index (χ2n) is 8.55. The Morgan fingerprint density at radius 2 is 1.45 bits per heavy atom. The van der Waals surface area contributed by atoms with Gasteiger partial charge in [0.15, 0.2) is 11.5 Å². The SMILES string of the molecule is CCOc1ccc(C[NH+](CCc2ccc3c(c2)OCO3)Cc2ccc3ccccc3c2)cc1. The predicted molar refractivity (Wildman–Crippen MR) is 131 cm³/mol. The molecule has 0 radical (unpaired) electrons. The second-order valence-corrected chi connectivity index (χ2v) is 8.55. The number of nitrogens with one attached hydrogen (secondary N) is 1. The molecule has 5 rings (SSSR count). The maximum Gasteiger partial charge on any atom is 0.231 e. The summed E-state index contributed by atoms with van der Waals surface area (Å²) in [6.07, 6.45) is 0.983. The summed E-state index contributed by atoms with van der Waals surface area (Å²) in [6.45, 7) is 5.98. The van der Waals surface area contributed by atoms with E-state index in [0.717, 1.165) is 43.3 Å². The van der Waals surface area contributed by atoms with Crippen molar-refractivity contribution in [2.75, 3.05) is 19.9 Å². The standard InChI is InChI=1S/C29H29NO3/c1-2-31-27-12-8-23(9-13-27)19-30(16-15-22-10-14-28-29(18-22)33-21-32-28)20-24-7-11-25-5-3-4-6-26(25)17-24/h3-14,17-18H,2,15-16,19-21H2,1H3/p+1. The summed E-state index contributed by atoms with van der Waals surface area (Å²) in [5, 5.41) is 2.58. The number of hydrogen-bond donors (Lipinski definition) is 1. The third kappa shape index (κ3) is 5.29. The second kappa shape index (κ2) is 9.97. The molecule has 1 atom stereocenters. The molecule has 0 fully saturated rings. The van der Waals surface area contributed by atoms with Gasteiger partial charge in [-0.25, -0.2) is 0 Å². The average molecular weight is 441 g/mol. The van der Waals surface area contributed by atoms with Gasteiger partial charge < -0.3 is 19.1 Å². The number of hydrogen-bond acceptors (Lipinski definition) is 3. The van der Waals surface area contributed by atoms with Crippen LogP contribution in [0.5, 0.6) is 17.2 Å². The van der Waals surface area contributed by atoms with Gasteiger partial charge in [-0.15, -0.1) is 0 Å². The van der Waals surface area contributed by atoms with E-state index < -0.39 is 0 Å². The minimum absolute atomic E-state index is 0.315. The van der Waals surface area contributed by atoms with Crippen LogP contribution in [0.2, 0.25) is 0 Å². The van der Waals surface area contributed by atoms with Crippen molar-refractivity contribution in [3.05, 3.63) is 102 Å². The number of ether oxygens (including phenoxy) is 3. The molecule has 1 aliphatic heterocycles. The molecular weight excluding hydrogens is 410 g/mol. The van der Waals surface area contributed by atoms with Crippen molar-refractivity contribution in [3.8, 4) is 17.2 Å². The van der Waals surface area contributed by atoms with E-state index in [9.17, 15) is 0 Å². The van der Waals surface area contributed by atoms with Crippen molar-refractivity contribution in [1.82, 2.24) is 0 Å². The summed E-state index contributed by atoms with van der Waals surface area (Å²) < 4.78 is 16.6. The van der Waals surface area contributed by atoms with Gasteiger partial charge in [-0.3, -0.25) is 0 Å². The zero-order valence-corrected chi connectivity index (χ0v) is 19.1. The first kappa shape index (κ1) is 21.4. The fraction of sp³-hybridized carbons (Fsp3) is 0.241. The molecule has 4 heteroatoms. The normalized spacial score (nSPS) is 13.2. The molecule has 4 aromatic carbocycles. The number of fused-ring (bicyclic) bond motifs is 2. The van der Waals surface area contributed by atoms with Crippen LogP contribution in [0.25, 0.3) is 10.8 Å². The molecule has 4 aromatic rings. The molecule has 1 aliphatic rings. The Hall–Kier alpha value is -3.50. The van der Waals surface area contributed by atoms with E-state index in [0.29, 0.717) is 13.4 Å². The van der Waals surface area contributed by atoms with E-state index in [1.54, 1.807) is 0 Å². The number of quaternary nitrogens is 1. The van der Waals surface area contributed by atoms with Crippen LogP contribution < -0.4 is 19.1 Å². The predicted octanol–water partition coefficient (Wildman–Crippen LogP) is 4.80. The summed E-state index contributed by atoms with van der Waals surface area (Å²) in [7, 11) is 0. The summed E-state index contributed by atoms with van der Waals surface area (Å²) in [4.78, 5) is 1.52. The molecule has 0 aromatic heterocycles. The van der Waals surface area contributed by atoms with Gasteiger partial charge in [-0.05, 0) is 65.7 Å². The van der Waals surface area contributed by atoms with Gasteiger partial charge in [0.05, 0.1) is 13.2 Å². The Morgan fingerprint density at radius 3 is 2.30 bits per heavy atom. The van der Waals surface area contributed by atoms with Crippen molar-refractivity contribution in [3.63, 3.8) is 0 Å². The van der Waals surface area contributed by atoms with Gasteiger partial charge in [-0.1, -0.05) is 42.5 Å². The third-order valence-corrected chi connectivity index (χ3v) is 6.16. The number of rotatable bonds is 9. The van der Waals surface area contributed by atoms with Crippen LogP contribution in [0.4, 0.5) is 0 Å². The maximum absolute atomic E-state index is 5.62.